The molecule has 3 nitrogen and oxygen atoms in total. The maximum Gasteiger partial charge on any atom is 0.0985 e. The van der Waals surface area contributed by atoms with Crippen molar-refractivity contribution in [1.82, 2.24) is 4.98 Å². The smallest absolute Gasteiger partial charge is 0.0985 e. The second-order valence-corrected chi connectivity index (χ2v) is 4.21. The van der Waals surface area contributed by atoms with Gasteiger partial charge in [-0.15, -0.1) is 11.3 Å². The summed E-state index contributed by atoms with van der Waals surface area (Å²) in [6.45, 7) is 0. The highest BCUT2D eigenvalue weighted by molar-refractivity contribution is 7.07. The molecule has 66 valence electrons. The predicted octanol–water partition coefficient (Wildman–Crippen LogP) is 1.06. The van der Waals surface area contributed by atoms with E-state index in [0.717, 1.165) is 18.5 Å². The summed E-state index contributed by atoms with van der Waals surface area (Å²) in [4.78, 5) is 4.04. The van der Waals surface area contributed by atoms with Crippen molar-refractivity contribution in [2.75, 3.05) is 0 Å². The predicted molar refractivity (Wildman–Crippen MR) is 47.8 cm³/mol. The van der Waals surface area contributed by atoms with E-state index in [9.17, 15) is 5.11 Å². The van der Waals surface area contributed by atoms with Gasteiger partial charge in [-0.3, -0.25) is 0 Å². The van der Waals surface area contributed by atoms with E-state index >= 15 is 0 Å². The molecule has 1 saturated carbocycles. The van der Waals surface area contributed by atoms with E-state index < -0.39 is 6.10 Å². The van der Waals surface area contributed by atoms with Crippen LogP contribution in [0.4, 0.5) is 0 Å². The van der Waals surface area contributed by atoms with Gasteiger partial charge in [0.15, 0.2) is 0 Å². The minimum atomic E-state index is -0.469. The number of aliphatic hydroxyl groups is 1. The molecule has 0 aromatic carbocycles. The molecule has 1 aliphatic carbocycles. The normalized spacial score (nSPS) is 22.2. The molecule has 4 heteroatoms. The Morgan fingerprint density at radius 2 is 2.50 bits per heavy atom. The third-order valence-electron chi connectivity index (χ3n) is 2.28. The molecule has 1 aromatic rings. The molecular formula is C8H12N2OS. The van der Waals surface area contributed by atoms with Gasteiger partial charge in [-0.25, -0.2) is 4.98 Å². The van der Waals surface area contributed by atoms with E-state index in [1.165, 1.54) is 11.3 Å². The van der Waals surface area contributed by atoms with Gasteiger partial charge in [0.2, 0.25) is 0 Å². The van der Waals surface area contributed by atoms with Crippen molar-refractivity contribution in [2.24, 2.45) is 5.73 Å². The minimum Gasteiger partial charge on any atom is -0.387 e. The molecule has 0 aliphatic heterocycles. The van der Waals surface area contributed by atoms with E-state index in [-0.39, 0.29) is 5.54 Å². The number of aromatic nitrogens is 1. The summed E-state index contributed by atoms with van der Waals surface area (Å²) >= 11 is 1.50. The Labute approximate surface area is 75.2 Å². The third-order valence-corrected chi connectivity index (χ3v) is 2.89. The Morgan fingerprint density at radius 3 is 3.00 bits per heavy atom. The standard InChI is InChI=1S/C8H12N2OS/c9-8(1-2-8)3-7(11)6-4-12-5-10-6/h4-5,7,11H,1-3,9H2. The first-order chi connectivity index (χ1) is 5.70. The lowest BCUT2D eigenvalue weighted by molar-refractivity contribution is 0.150. The van der Waals surface area contributed by atoms with Crippen LogP contribution in [0.5, 0.6) is 0 Å². The second-order valence-electron chi connectivity index (χ2n) is 3.50. The molecule has 0 spiro atoms. The highest BCUT2D eigenvalue weighted by atomic mass is 32.1. The fraction of sp³-hybridized carbons (Fsp3) is 0.625. The topological polar surface area (TPSA) is 59.1 Å². The van der Waals surface area contributed by atoms with Crippen molar-refractivity contribution < 1.29 is 5.11 Å². The third kappa shape index (κ3) is 1.65. The Hall–Kier alpha value is -0.450. The lowest BCUT2D eigenvalue weighted by Crippen LogP contribution is -2.24. The van der Waals surface area contributed by atoms with Crippen molar-refractivity contribution in [2.45, 2.75) is 30.9 Å². The Bertz CT molecular complexity index is 256. The first kappa shape index (κ1) is 8.16. The van der Waals surface area contributed by atoms with Crippen LogP contribution in [-0.4, -0.2) is 15.6 Å². The average Bonchev–Trinajstić information content (AvgIpc) is 2.55. The molecule has 0 saturated heterocycles. The highest BCUT2D eigenvalue weighted by Crippen LogP contribution is 2.39. The van der Waals surface area contributed by atoms with E-state index in [4.69, 9.17) is 5.73 Å². The van der Waals surface area contributed by atoms with Crippen LogP contribution in [-0.2, 0) is 0 Å². The molecule has 1 atom stereocenters. The number of rotatable bonds is 3. The van der Waals surface area contributed by atoms with Gasteiger partial charge in [-0.1, -0.05) is 0 Å². The van der Waals surface area contributed by atoms with Crippen molar-refractivity contribution in [3.8, 4) is 0 Å². The molecule has 1 aromatic heterocycles. The van der Waals surface area contributed by atoms with Gasteiger partial charge >= 0.3 is 0 Å². The molecule has 3 N–H and O–H groups in total. The monoisotopic (exact) mass is 184 g/mol. The van der Waals surface area contributed by atoms with Crippen LogP contribution in [0, 0.1) is 0 Å². The molecule has 0 bridgehead atoms. The Kier molecular flexibility index (Phi) is 1.90. The molecule has 0 radical (unpaired) electrons. The summed E-state index contributed by atoms with van der Waals surface area (Å²) in [6.07, 6.45) is 2.25. The van der Waals surface area contributed by atoms with Crippen molar-refractivity contribution in [1.29, 1.82) is 0 Å². The summed E-state index contributed by atoms with van der Waals surface area (Å²) in [5.74, 6) is 0. The fourth-order valence-electron chi connectivity index (χ4n) is 1.24. The first-order valence-corrected chi connectivity index (χ1v) is 4.99. The van der Waals surface area contributed by atoms with Gasteiger partial charge in [-0.05, 0) is 19.3 Å². The number of aliphatic hydroxyl groups excluding tert-OH is 1. The molecule has 1 fully saturated rings. The Balaban J connectivity index is 1.97. The zero-order valence-corrected chi connectivity index (χ0v) is 7.55. The average molecular weight is 184 g/mol. The maximum atomic E-state index is 9.65. The van der Waals surface area contributed by atoms with Crippen molar-refractivity contribution >= 4 is 11.3 Å². The summed E-state index contributed by atoms with van der Waals surface area (Å²) in [5, 5.41) is 11.5. The van der Waals surface area contributed by atoms with E-state index in [0.29, 0.717) is 6.42 Å². The molecule has 2 rings (SSSR count). The van der Waals surface area contributed by atoms with Crippen LogP contribution in [0.25, 0.3) is 0 Å². The molecule has 1 heterocycles. The summed E-state index contributed by atoms with van der Waals surface area (Å²) in [7, 11) is 0. The van der Waals surface area contributed by atoms with Crippen LogP contribution in [0.1, 0.15) is 31.1 Å². The van der Waals surface area contributed by atoms with Gasteiger partial charge < -0.3 is 10.8 Å². The lowest BCUT2D eigenvalue weighted by Gasteiger charge is -2.12. The zero-order chi connectivity index (χ0) is 8.60. The molecule has 1 aliphatic rings. The number of nitrogens with two attached hydrogens (primary N) is 1. The number of thiazole rings is 1. The second kappa shape index (κ2) is 2.80. The minimum absolute atomic E-state index is 0.0942. The van der Waals surface area contributed by atoms with Crippen molar-refractivity contribution in [3.05, 3.63) is 16.6 Å². The fourth-order valence-corrected chi connectivity index (χ4v) is 1.84. The van der Waals surface area contributed by atoms with Gasteiger partial charge in [0, 0.05) is 10.9 Å². The van der Waals surface area contributed by atoms with Crippen LogP contribution < -0.4 is 5.73 Å². The molecule has 0 amide bonds. The Morgan fingerprint density at radius 1 is 1.75 bits per heavy atom. The first-order valence-electron chi connectivity index (χ1n) is 4.05. The number of hydrogen-bond donors (Lipinski definition) is 2. The summed E-state index contributed by atoms with van der Waals surface area (Å²) in [6, 6.07) is 0. The van der Waals surface area contributed by atoms with E-state index in [2.05, 4.69) is 4.98 Å². The largest absolute Gasteiger partial charge is 0.387 e. The van der Waals surface area contributed by atoms with Gasteiger partial charge in [0.1, 0.15) is 0 Å². The van der Waals surface area contributed by atoms with Crippen LogP contribution >= 0.6 is 11.3 Å². The maximum absolute atomic E-state index is 9.65. The van der Waals surface area contributed by atoms with Gasteiger partial charge in [-0.2, -0.15) is 0 Å². The molecular weight excluding hydrogens is 172 g/mol. The van der Waals surface area contributed by atoms with E-state index in [1.54, 1.807) is 5.51 Å². The van der Waals surface area contributed by atoms with Crippen LogP contribution in [0.2, 0.25) is 0 Å². The highest BCUT2D eigenvalue weighted by Gasteiger charge is 2.40. The zero-order valence-electron chi connectivity index (χ0n) is 6.73. The van der Waals surface area contributed by atoms with Crippen LogP contribution in [0.3, 0.4) is 0 Å². The molecule has 1 unspecified atom stereocenters. The van der Waals surface area contributed by atoms with Gasteiger partial charge in [0.05, 0.1) is 17.3 Å². The summed E-state index contributed by atoms with van der Waals surface area (Å²) in [5.41, 5.74) is 8.27. The van der Waals surface area contributed by atoms with Gasteiger partial charge in [0.25, 0.3) is 0 Å². The molecule has 12 heavy (non-hydrogen) atoms. The van der Waals surface area contributed by atoms with E-state index in [1.807, 2.05) is 5.38 Å². The number of hydrogen-bond acceptors (Lipinski definition) is 4. The van der Waals surface area contributed by atoms with Crippen molar-refractivity contribution in [3.63, 3.8) is 0 Å². The number of nitrogens with zero attached hydrogens (tertiary/aromatic N) is 1. The lowest BCUT2D eigenvalue weighted by atomic mass is 10.1. The SMILES string of the molecule is NC1(CC(O)c2cscn2)CC1. The quantitative estimate of drug-likeness (QED) is 0.738. The summed E-state index contributed by atoms with van der Waals surface area (Å²) < 4.78 is 0. The van der Waals surface area contributed by atoms with Crippen LogP contribution in [0.15, 0.2) is 10.9 Å².